The van der Waals surface area contributed by atoms with Crippen LogP contribution in [0.1, 0.15) is 46.0 Å². The molecule has 1 unspecified atom stereocenters. The molecule has 1 rings (SSSR count). The predicted octanol–water partition coefficient (Wildman–Crippen LogP) is 3.19. The lowest BCUT2D eigenvalue weighted by Crippen LogP contribution is -2.40. The first-order valence-corrected chi connectivity index (χ1v) is 8.52. The summed E-state index contributed by atoms with van der Waals surface area (Å²) < 4.78 is 22.2. The highest BCUT2D eigenvalue weighted by Gasteiger charge is 2.39. The van der Waals surface area contributed by atoms with Gasteiger partial charge in [0.2, 0.25) is 0 Å². The lowest BCUT2D eigenvalue weighted by molar-refractivity contribution is -0.0563. The summed E-state index contributed by atoms with van der Waals surface area (Å²) >= 11 is 0. The van der Waals surface area contributed by atoms with Crippen LogP contribution in [0.15, 0.2) is 23.2 Å². The summed E-state index contributed by atoms with van der Waals surface area (Å²) in [5.74, 6) is 0.977. The summed E-state index contributed by atoms with van der Waals surface area (Å²) in [4.78, 5) is 0. The van der Waals surface area contributed by atoms with Gasteiger partial charge in [-0.3, -0.25) is 0 Å². The van der Waals surface area contributed by atoms with Crippen LogP contribution in [0.3, 0.4) is 0 Å². The molecule has 23 heavy (non-hydrogen) atoms. The minimum atomic E-state index is -1.18. The Morgan fingerprint density at radius 1 is 1.04 bits per heavy atom. The quantitative estimate of drug-likeness (QED) is 0.558. The van der Waals surface area contributed by atoms with Crippen LogP contribution in [0.2, 0.25) is 0 Å². The van der Waals surface area contributed by atoms with Crippen LogP contribution >= 0.6 is 0 Å². The van der Waals surface area contributed by atoms with Crippen LogP contribution in [0.4, 0.5) is 0 Å². The van der Waals surface area contributed by atoms with Gasteiger partial charge in [-0.15, -0.1) is 0 Å². The van der Waals surface area contributed by atoms with Gasteiger partial charge in [0.05, 0.1) is 27.4 Å². The second-order valence-electron chi connectivity index (χ2n) is 5.84. The molecule has 1 aliphatic rings. The minimum Gasteiger partial charge on any atom is -0.494 e. The number of aliphatic hydroxyl groups is 1. The topological polar surface area (TPSA) is 57.2 Å². The van der Waals surface area contributed by atoms with Crippen molar-refractivity contribution in [3.8, 4) is 0 Å². The number of hydrogen-bond acceptors (Lipinski definition) is 5. The molecule has 1 N–H and O–H groups in total. The zero-order valence-corrected chi connectivity index (χ0v) is 15.0. The van der Waals surface area contributed by atoms with Gasteiger partial charge in [0.1, 0.15) is 0 Å². The molecule has 5 heteroatoms. The average Bonchev–Trinajstić information content (AvgIpc) is 2.56. The van der Waals surface area contributed by atoms with Crippen molar-refractivity contribution in [3.05, 3.63) is 23.2 Å². The van der Waals surface area contributed by atoms with Crippen molar-refractivity contribution in [2.45, 2.75) is 51.6 Å². The normalized spacial score (nSPS) is 21.3. The lowest BCUT2D eigenvalue weighted by atomic mass is 9.89. The smallest absolute Gasteiger partial charge is 0.172 e. The van der Waals surface area contributed by atoms with Gasteiger partial charge in [-0.05, 0) is 12.8 Å². The molecular formula is C18H32O5. The van der Waals surface area contributed by atoms with Crippen LogP contribution in [0.5, 0.6) is 0 Å². The fourth-order valence-corrected chi connectivity index (χ4v) is 2.51. The Balaban J connectivity index is 2.75. The van der Waals surface area contributed by atoms with E-state index in [1.54, 1.807) is 14.2 Å². The lowest BCUT2D eigenvalue weighted by Gasteiger charge is -2.33. The van der Waals surface area contributed by atoms with Crippen molar-refractivity contribution < 1.29 is 24.1 Å². The molecule has 0 aromatic heterocycles. The summed E-state index contributed by atoms with van der Waals surface area (Å²) in [6.07, 6.45) is 6.56. The van der Waals surface area contributed by atoms with E-state index in [9.17, 15) is 5.11 Å². The van der Waals surface area contributed by atoms with Crippen molar-refractivity contribution in [2.75, 3.05) is 40.6 Å². The molecule has 134 valence electrons. The molecule has 5 nitrogen and oxygen atoms in total. The molecule has 0 saturated carbocycles. The molecule has 0 aromatic rings. The summed E-state index contributed by atoms with van der Waals surface area (Å²) in [6.45, 7) is 6.25. The zero-order chi connectivity index (χ0) is 17.1. The Kier molecular flexibility index (Phi) is 9.29. The summed E-state index contributed by atoms with van der Waals surface area (Å²) in [7, 11) is 3.13. The SMILES string of the molecule is CCCCOCC1=CCC(O)(COCCCC)C(OC)=C1OC. The van der Waals surface area contributed by atoms with Gasteiger partial charge in [0, 0.05) is 25.2 Å². The van der Waals surface area contributed by atoms with Crippen molar-refractivity contribution in [1.82, 2.24) is 0 Å². The third-order valence-electron chi connectivity index (χ3n) is 3.90. The number of hydrogen-bond donors (Lipinski definition) is 1. The highest BCUT2D eigenvalue weighted by molar-refractivity contribution is 5.38. The summed E-state index contributed by atoms with van der Waals surface area (Å²) in [5.41, 5.74) is -0.264. The van der Waals surface area contributed by atoms with Crippen molar-refractivity contribution in [3.63, 3.8) is 0 Å². The molecule has 1 atom stereocenters. The first-order valence-electron chi connectivity index (χ1n) is 8.52. The summed E-state index contributed by atoms with van der Waals surface area (Å²) in [6, 6.07) is 0. The van der Waals surface area contributed by atoms with Gasteiger partial charge in [0.25, 0.3) is 0 Å². The third kappa shape index (κ3) is 5.83. The first kappa shape index (κ1) is 20.0. The van der Waals surface area contributed by atoms with E-state index in [1.165, 1.54) is 0 Å². The number of unbranched alkanes of at least 4 members (excludes halogenated alkanes) is 2. The van der Waals surface area contributed by atoms with Crippen molar-refractivity contribution in [1.29, 1.82) is 0 Å². The first-order chi connectivity index (χ1) is 11.1. The largest absolute Gasteiger partial charge is 0.494 e. The van der Waals surface area contributed by atoms with E-state index in [2.05, 4.69) is 13.8 Å². The summed E-state index contributed by atoms with van der Waals surface area (Å²) in [5, 5.41) is 10.9. The Hall–Kier alpha value is -1.04. The van der Waals surface area contributed by atoms with Gasteiger partial charge in [-0.25, -0.2) is 0 Å². The highest BCUT2D eigenvalue weighted by atomic mass is 16.5. The van der Waals surface area contributed by atoms with E-state index in [-0.39, 0.29) is 6.61 Å². The van der Waals surface area contributed by atoms with Crippen LogP contribution in [-0.4, -0.2) is 51.4 Å². The monoisotopic (exact) mass is 328 g/mol. The zero-order valence-electron chi connectivity index (χ0n) is 15.0. The molecule has 0 radical (unpaired) electrons. The van der Waals surface area contributed by atoms with Gasteiger partial charge in [-0.2, -0.15) is 0 Å². The van der Waals surface area contributed by atoms with E-state index in [0.717, 1.165) is 37.9 Å². The van der Waals surface area contributed by atoms with E-state index in [1.807, 2.05) is 6.08 Å². The van der Waals surface area contributed by atoms with E-state index < -0.39 is 5.60 Å². The van der Waals surface area contributed by atoms with Crippen LogP contribution in [0, 0.1) is 0 Å². The fraction of sp³-hybridized carbons (Fsp3) is 0.778. The van der Waals surface area contributed by atoms with Gasteiger partial charge < -0.3 is 24.1 Å². The second-order valence-corrected chi connectivity index (χ2v) is 5.84. The fourth-order valence-electron chi connectivity index (χ4n) is 2.51. The number of rotatable bonds is 12. The molecule has 0 spiro atoms. The Bertz CT molecular complexity index is 402. The number of ether oxygens (including phenoxy) is 4. The van der Waals surface area contributed by atoms with Crippen molar-refractivity contribution in [2.24, 2.45) is 0 Å². The molecular weight excluding hydrogens is 296 g/mol. The minimum absolute atomic E-state index is 0.198. The Labute approximate surface area is 140 Å². The molecule has 0 aliphatic heterocycles. The molecule has 0 saturated heterocycles. The van der Waals surface area contributed by atoms with E-state index >= 15 is 0 Å². The van der Waals surface area contributed by atoms with Gasteiger partial charge in [-0.1, -0.05) is 32.8 Å². The van der Waals surface area contributed by atoms with Crippen LogP contribution < -0.4 is 0 Å². The maximum absolute atomic E-state index is 10.9. The second kappa shape index (κ2) is 10.7. The van der Waals surface area contributed by atoms with Crippen LogP contribution in [-0.2, 0) is 18.9 Å². The van der Waals surface area contributed by atoms with Crippen molar-refractivity contribution >= 4 is 0 Å². The van der Waals surface area contributed by atoms with Crippen LogP contribution in [0.25, 0.3) is 0 Å². The van der Waals surface area contributed by atoms with Gasteiger partial charge >= 0.3 is 0 Å². The molecule has 0 bridgehead atoms. The molecule has 1 aliphatic carbocycles. The third-order valence-corrected chi connectivity index (χ3v) is 3.90. The Morgan fingerprint density at radius 3 is 2.26 bits per heavy atom. The number of methoxy groups -OCH3 is 2. The maximum atomic E-state index is 10.9. The average molecular weight is 328 g/mol. The van der Waals surface area contributed by atoms with E-state index in [4.69, 9.17) is 18.9 Å². The maximum Gasteiger partial charge on any atom is 0.172 e. The molecule has 0 heterocycles. The molecule has 0 aromatic carbocycles. The molecule has 0 fully saturated rings. The Morgan fingerprint density at radius 2 is 1.70 bits per heavy atom. The standard InChI is InChI=1S/C18H32O5/c1-5-7-11-22-13-15-9-10-18(19,14-23-12-8-6-2)17(21-4)16(15)20-3/h9,19H,5-8,10-14H2,1-4H3. The van der Waals surface area contributed by atoms with E-state index in [0.29, 0.717) is 31.2 Å². The highest BCUT2D eigenvalue weighted by Crippen LogP contribution is 2.34. The predicted molar refractivity (Wildman–Crippen MR) is 90.1 cm³/mol. The van der Waals surface area contributed by atoms with Gasteiger partial charge in [0.15, 0.2) is 17.1 Å². The molecule has 0 amide bonds.